The number of aryl methyl sites for hydroxylation is 2. The van der Waals surface area contributed by atoms with E-state index in [9.17, 15) is 0 Å². The number of hydrogen-bond donors (Lipinski definition) is 0. The highest BCUT2D eigenvalue weighted by Gasteiger charge is 2.09. The topological polar surface area (TPSA) is 30.2 Å². The Hall–Kier alpha value is -2.68. The first-order chi connectivity index (χ1) is 10.6. The van der Waals surface area contributed by atoms with Crippen molar-refractivity contribution in [2.75, 3.05) is 0 Å². The second-order valence-corrected chi connectivity index (χ2v) is 5.44. The third kappa shape index (κ3) is 2.84. The van der Waals surface area contributed by atoms with Gasteiger partial charge in [0.1, 0.15) is 5.82 Å². The molecule has 3 aromatic rings. The summed E-state index contributed by atoms with van der Waals surface area (Å²) < 4.78 is 2.15. The van der Waals surface area contributed by atoms with Crippen LogP contribution in [0.2, 0.25) is 0 Å². The first-order valence-corrected chi connectivity index (χ1v) is 7.36. The molecule has 0 amide bonds. The summed E-state index contributed by atoms with van der Waals surface area (Å²) in [5, 5.41) is 0. The molecule has 3 rings (SSSR count). The fourth-order valence-electron chi connectivity index (χ4n) is 2.53. The molecule has 0 fully saturated rings. The molecule has 0 bridgehead atoms. The second kappa shape index (κ2) is 5.98. The Labute approximate surface area is 131 Å². The van der Waals surface area contributed by atoms with E-state index in [2.05, 4.69) is 53.5 Å². The molecule has 2 heterocycles. The van der Waals surface area contributed by atoms with Crippen LogP contribution in [0.1, 0.15) is 22.5 Å². The molecule has 0 saturated heterocycles. The van der Waals surface area contributed by atoms with Crippen LogP contribution in [0, 0.1) is 20.8 Å². The lowest BCUT2D eigenvalue weighted by atomic mass is 10.2. The van der Waals surface area contributed by atoms with Gasteiger partial charge < -0.3 is 4.57 Å². The lowest BCUT2D eigenvalue weighted by molar-refractivity contribution is 0.921. The summed E-state index contributed by atoms with van der Waals surface area (Å²) in [5.41, 5.74) is 5.62. The van der Waals surface area contributed by atoms with E-state index in [1.807, 2.05) is 42.7 Å². The molecule has 2 aromatic heterocycles. The Bertz CT molecular complexity index is 797. The van der Waals surface area contributed by atoms with Crippen LogP contribution >= 0.6 is 0 Å². The van der Waals surface area contributed by atoms with Crippen molar-refractivity contribution in [2.24, 2.45) is 4.99 Å². The number of aliphatic imine (C=N–C) groups is 1. The predicted molar refractivity (Wildman–Crippen MR) is 91.5 cm³/mol. The van der Waals surface area contributed by atoms with Crippen molar-refractivity contribution < 1.29 is 0 Å². The molecule has 3 heteroatoms. The van der Waals surface area contributed by atoms with Gasteiger partial charge in [0.05, 0.1) is 5.69 Å². The van der Waals surface area contributed by atoms with Gasteiger partial charge in [-0.15, -0.1) is 0 Å². The van der Waals surface area contributed by atoms with E-state index in [1.165, 1.54) is 5.56 Å². The van der Waals surface area contributed by atoms with Crippen molar-refractivity contribution in [1.82, 2.24) is 9.55 Å². The van der Waals surface area contributed by atoms with Crippen molar-refractivity contribution in [3.8, 4) is 5.82 Å². The van der Waals surface area contributed by atoms with Gasteiger partial charge in [0, 0.05) is 29.4 Å². The summed E-state index contributed by atoms with van der Waals surface area (Å²) in [6.45, 7) is 6.26. The maximum atomic E-state index is 4.57. The van der Waals surface area contributed by atoms with Crippen molar-refractivity contribution >= 4 is 11.9 Å². The number of pyridine rings is 1. The summed E-state index contributed by atoms with van der Waals surface area (Å²) in [4.78, 5) is 9.00. The zero-order chi connectivity index (χ0) is 15.5. The van der Waals surface area contributed by atoms with Gasteiger partial charge in [0.2, 0.25) is 0 Å². The third-order valence-corrected chi connectivity index (χ3v) is 3.74. The number of aromatic nitrogens is 2. The van der Waals surface area contributed by atoms with E-state index in [4.69, 9.17) is 0 Å². The van der Waals surface area contributed by atoms with E-state index in [0.717, 1.165) is 28.5 Å². The molecule has 0 N–H and O–H groups in total. The molecule has 110 valence electrons. The zero-order valence-corrected chi connectivity index (χ0v) is 13.1. The second-order valence-electron chi connectivity index (χ2n) is 5.44. The lowest BCUT2D eigenvalue weighted by Crippen LogP contribution is -2.01. The van der Waals surface area contributed by atoms with E-state index < -0.39 is 0 Å². The molecule has 0 spiro atoms. The third-order valence-electron chi connectivity index (χ3n) is 3.74. The lowest BCUT2D eigenvalue weighted by Gasteiger charge is -2.07. The Morgan fingerprint density at radius 2 is 1.77 bits per heavy atom. The standard InChI is InChI=1S/C19H19N3/c1-14-7-9-18(10-8-14)21-13-17-12-15(2)22(16(17)3)19-6-4-5-11-20-19/h4-13H,1-3H3. The van der Waals surface area contributed by atoms with Gasteiger partial charge in [0.15, 0.2) is 0 Å². The summed E-state index contributed by atoms with van der Waals surface area (Å²) in [6, 6.07) is 16.3. The quantitative estimate of drug-likeness (QED) is 0.651. The minimum atomic E-state index is 0.937. The normalized spacial score (nSPS) is 11.2. The smallest absolute Gasteiger partial charge is 0.136 e. The van der Waals surface area contributed by atoms with Crippen LogP contribution in [-0.2, 0) is 0 Å². The average Bonchev–Trinajstić information content (AvgIpc) is 2.82. The first kappa shape index (κ1) is 14.3. The molecule has 0 aliphatic rings. The van der Waals surface area contributed by atoms with Crippen LogP contribution in [0.15, 0.2) is 59.7 Å². The molecule has 0 aliphatic heterocycles. The summed E-state index contributed by atoms with van der Waals surface area (Å²) in [6.07, 6.45) is 3.74. The fourth-order valence-corrected chi connectivity index (χ4v) is 2.53. The van der Waals surface area contributed by atoms with Crippen LogP contribution < -0.4 is 0 Å². The number of hydrogen-bond acceptors (Lipinski definition) is 2. The van der Waals surface area contributed by atoms with Gasteiger partial charge >= 0.3 is 0 Å². The minimum absolute atomic E-state index is 0.937. The van der Waals surface area contributed by atoms with Gasteiger partial charge in [-0.1, -0.05) is 23.8 Å². The van der Waals surface area contributed by atoms with Crippen molar-refractivity contribution in [2.45, 2.75) is 20.8 Å². The van der Waals surface area contributed by atoms with Crippen LogP contribution in [0.4, 0.5) is 5.69 Å². The van der Waals surface area contributed by atoms with E-state index in [-0.39, 0.29) is 0 Å². The molecule has 0 radical (unpaired) electrons. The van der Waals surface area contributed by atoms with Crippen molar-refractivity contribution in [1.29, 1.82) is 0 Å². The maximum Gasteiger partial charge on any atom is 0.136 e. The minimum Gasteiger partial charge on any atom is -0.303 e. The Balaban J connectivity index is 1.94. The number of rotatable bonds is 3. The molecule has 22 heavy (non-hydrogen) atoms. The Morgan fingerprint density at radius 3 is 2.45 bits per heavy atom. The van der Waals surface area contributed by atoms with Gasteiger partial charge in [-0.25, -0.2) is 4.98 Å². The highest BCUT2D eigenvalue weighted by Crippen LogP contribution is 2.19. The van der Waals surface area contributed by atoms with Crippen molar-refractivity contribution in [3.05, 3.63) is 77.2 Å². The average molecular weight is 289 g/mol. The molecule has 0 atom stereocenters. The van der Waals surface area contributed by atoms with Crippen molar-refractivity contribution in [3.63, 3.8) is 0 Å². The molecule has 0 saturated carbocycles. The Kier molecular flexibility index (Phi) is 3.88. The summed E-state index contributed by atoms with van der Waals surface area (Å²) >= 11 is 0. The molecular weight excluding hydrogens is 270 g/mol. The SMILES string of the molecule is Cc1ccc(N=Cc2cc(C)n(-c3ccccn3)c2C)cc1. The molecule has 0 unspecified atom stereocenters. The fraction of sp³-hybridized carbons (Fsp3) is 0.158. The number of nitrogens with zero attached hydrogens (tertiary/aromatic N) is 3. The zero-order valence-electron chi connectivity index (χ0n) is 13.1. The predicted octanol–water partition coefficient (Wildman–Crippen LogP) is 4.55. The first-order valence-electron chi connectivity index (χ1n) is 7.36. The van der Waals surface area contributed by atoms with E-state index in [0.29, 0.717) is 0 Å². The largest absolute Gasteiger partial charge is 0.303 e. The van der Waals surface area contributed by atoms with E-state index >= 15 is 0 Å². The summed E-state index contributed by atoms with van der Waals surface area (Å²) in [5.74, 6) is 0.937. The Morgan fingerprint density at radius 1 is 1.00 bits per heavy atom. The highest BCUT2D eigenvalue weighted by molar-refractivity contribution is 5.84. The number of benzene rings is 1. The van der Waals surface area contributed by atoms with Crippen LogP contribution in [0.5, 0.6) is 0 Å². The molecule has 1 aromatic carbocycles. The highest BCUT2D eigenvalue weighted by atomic mass is 15.1. The van der Waals surface area contributed by atoms with Gasteiger partial charge in [-0.3, -0.25) is 4.99 Å². The van der Waals surface area contributed by atoms with Crippen LogP contribution in [-0.4, -0.2) is 15.8 Å². The molecular formula is C19H19N3. The van der Waals surface area contributed by atoms with Gasteiger partial charge in [-0.2, -0.15) is 0 Å². The molecule has 0 aliphatic carbocycles. The van der Waals surface area contributed by atoms with Crippen LogP contribution in [0.3, 0.4) is 0 Å². The summed E-state index contributed by atoms with van der Waals surface area (Å²) in [7, 11) is 0. The molecule has 3 nitrogen and oxygen atoms in total. The monoisotopic (exact) mass is 289 g/mol. The maximum absolute atomic E-state index is 4.57. The van der Waals surface area contributed by atoms with Crippen LogP contribution in [0.25, 0.3) is 5.82 Å². The van der Waals surface area contributed by atoms with Gasteiger partial charge in [0.25, 0.3) is 0 Å². The van der Waals surface area contributed by atoms with Gasteiger partial charge in [-0.05, 0) is 51.1 Å². The van der Waals surface area contributed by atoms with E-state index in [1.54, 1.807) is 0 Å².